The van der Waals surface area contributed by atoms with E-state index in [2.05, 4.69) is 4.98 Å². The Morgan fingerprint density at radius 1 is 1.60 bits per heavy atom. The van der Waals surface area contributed by atoms with Crippen LogP contribution in [0.1, 0.15) is 17.7 Å². The van der Waals surface area contributed by atoms with Crippen molar-refractivity contribution in [2.75, 3.05) is 5.73 Å². The topological polar surface area (TPSA) is 96.4 Å². The van der Waals surface area contributed by atoms with Gasteiger partial charge in [-0.1, -0.05) is 0 Å². The molecule has 0 bridgehead atoms. The minimum atomic E-state index is -2.90. The monoisotopic (exact) mass is 218 g/mol. The molecule has 1 rings (SSSR count). The number of nitrogen functional groups attached to an aromatic ring is 1. The van der Waals surface area contributed by atoms with Crippen molar-refractivity contribution in [2.45, 2.75) is 12.8 Å². The fraction of sp³-hybridized carbons (Fsp3) is 0.250. The number of nitrogens with two attached hydrogens (primary N) is 1. The second-order valence-electron chi connectivity index (χ2n) is 2.80. The zero-order valence-electron chi connectivity index (χ0n) is 7.44. The highest BCUT2D eigenvalue weighted by Crippen LogP contribution is 2.28. The van der Waals surface area contributed by atoms with Crippen molar-refractivity contribution in [2.24, 2.45) is 0 Å². The number of alkyl halides is 2. The van der Waals surface area contributed by atoms with Gasteiger partial charge in [0.05, 0.1) is 12.1 Å². The third kappa shape index (κ3) is 2.52. The van der Waals surface area contributed by atoms with Gasteiger partial charge in [0.25, 0.3) is 6.43 Å². The highest BCUT2D eigenvalue weighted by Gasteiger charge is 2.19. The number of aromatic nitrogens is 1. The Morgan fingerprint density at radius 2 is 2.20 bits per heavy atom. The largest absolute Gasteiger partial charge is 0.504 e. The molecule has 0 saturated carbocycles. The highest BCUT2D eigenvalue weighted by molar-refractivity contribution is 5.70. The van der Waals surface area contributed by atoms with Gasteiger partial charge in [0.2, 0.25) is 0 Å². The summed E-state index contributed by atoms with van der Waals surface area (Å²) in [4.78, 5) is 13.8. The van der Waals surface area contributed by atoms with Gasteiger partial charge in [-0.05, 0) is 6.07 Å². The molecule has 1 aromatic heterocycles. The Kier molecular flexibility index (Phi) is 3.03. The highest BCUT2D eigenvalue weighted by atomic mass is 19.3. The number of carbonyl (C=O) groups is 1. The maximum atomic E-state index is 12.4. The summed E-state index contributed by atoms with van der Waals surface area (Å²) in [5.74, 6) is -2.25. The summed E-state index contributed by atoms with van der Waals surface area (Å²) in [5, 5.41) is 17.5. The molecule has 15 heavy (non-hydrogen) atoms. The van der Waals surface area contributed by atoms with Gasteiger partial charge in [0, 0.05) is 5.56 Å². The maximum absolute atomic E-state index is 12.4. The summed E-state index contributed by atoms with van der Waals surface area (Å²) in [5.41, 5.74) is 4.21. The molecule has 0 aliphatic rings. The van der Waals surface area contributed by atoms with Crippen LogP contribution in [0.2, 0.25) is 0 Å². The zero-order valence-corrected chi connectivity index (χ0v) is 7.44. The zero-order chi connectivity index (χ0) is 11.6. The van der Waals surface area contributed by atoms with Crippen LogP contribution < -0.4 is 5.73 Å². The molecular formula is C8H8F2N2O3. The second-order valence-corrected chi connectivity index (χ2v) is 2.80. The summed E-state index contributed by atoms with van der Waals surface area (Å²) in [6, 6.07) is 0.727. The third-order valence-electron chi connectivity index (χ3n) is 1.70. The first-order valence-electron chi connectivity index (χ1n) is 3.90. The van der Waals surface area contributed by atoms with E-state index < -0.39 is 30.1 Å². The molecule has 1 heterocycles. The van der Waals surface area contributed by atoms with Crippen molar-refractivity contribution >= 4 is 11.8 Å². The summed E-state index contributed by atoms with van der Waals surface area (Å²) in [7, 11) is 0. The number of aromatic hydroxyl groups is 1. The quantitative estimate of drug-likeness (QED) is 0.701. The number of rotatable bonds is 3. The van der Waals surface area contributed by atoms with Crippen molar-refractivity contribution in [3.8, 4) is 5.75 Å². The van der Waals surface area contributed by atoms with Crippen LogP contribution in [0.5, 0.6) is 5.75 Å². The lowest BCUT2D eigenvalue weighted by atomic mass is 10.1. The van der Waals surface area contributed by atoms with Crippen LogP contribution in [-0.2, 0) is 11.2 Å². The van der Waals surface area contributed by atoms with Crippen molar-refractivity contribution in [3.63, 3.8) is 0 Å². The van der Waals surface area contributed by atoms with E-state index in [1.54, 1.807) is 0 Å². The number of hydrogen-bond acceptors (Lipinski definition) is 4. The second kappa shape index (κ2) is 4.07. The number of halogens is 2. The molecular weight excluding hydrogens is 210 g/mol. The molecule has 0 aromatic carbocycles. The van der Waals surface area contributed by atoms with Gasteiger partial charge in [-0.15, -0.1) is 0 Å². The molecule has 4 N–H and O–H groups in total. The van der Waals surface area contributed by atoms with Crippen molar-refractivity contribution in [1.29, 1.82) is 0 Å². The van der Waals surface area contributed by atoms with E-state index >= 15 is 0 Å². The number of anilines is 1. The average Bonchev–Trinajstić information content (AvgIpc) is 2.09. The molecule has 7 heteroatoms. The van der Waals surface area contributed by atoms with Crippen LogP contribution in [0.25, 0.3) is 0 Å². The fourth-order valence-electron chi connectivity index (χ4n) is 1.05. The molecule has 82 valence electrons. The lowest BCUT2D eigenvalue weighted by Gasteiger charge is -2.08. The van der Waals surface area contributed by atoms with E-state index in [1.807, 2.05) is 0 Å². The first-order chi connectivity index (χ1) is 6.91. The molecule has 1 aromatic rings. The number of pyridine rings is 1. The van der Waals surface area contributed by atoms with Gasteiger partial charge in [-0.3, -0.25) is 4.79 Å². The van der Waals surface area contributed by atoms with Crippen molar-refractivity contribution < 1.29 is 23.8 Å². The smallest absolute Gasteiger partial charge is 0.309 e. The van der Waals surface area contributed by atoms with E-state index in [4.69, 9.17) is 15.9 Å². The van der Waals surface area contributed by atoms with Crippen LogP contribution in [0.15, 0.2) is 6.07 Å². The standard InChI is InChI=1S/C8H8F2N2O3/c9-7(10)3-1-5(13)8(11)12-4(3)2-6(14)15/h1,7,13H,2H2,(H2,11,12)(H,14,15). The van der Waals surface area contributed by atoms with Gasteiger partial charge in [-0.2, -0.15) is 0 Å². The number of nitrogens with zero attached hydrogens (tertiary/aromatic N) is 1. The fourth-order valence-corrected chi connectivity index (χ4v) is 1.05. The Labute approximate surface area is 83.2 Å². The van der Waals surface area contributed by atoms with Crippen LogP contribution in [0.3, 0.4) is 0 Å². The molecule has 0 spiro atoms. The maximum Gasteiger partial charge on any atom is 0.309 e. The molecule has 0 aliphatic carbocycles. The minimum absolute atomic E-state index is 0.340. The average molecular weight is 218 g/mol. The molecule has 0 radical (unpaired) electrons. The SMILES string of the molecule is Nc1nc(CC(=O)O)c(C(F)F)cc1O. The Balaban J connectivity index is 3.21. The van der Waals surface area contributed by atoms with Crippen LogP contribution >= 0.6 is 0 Å². The minimum Gasteiger partial charge on any atom is -0.504 e. The summed E-state index contributed by atoms with van der Waals surface area (Å²) < 4.78 is 24.8. The summed E-state index contributed by atoms with van der Waals surface area (Å²) in [6.45, 7) is 0. The molecule has 0 unspecified atom stereocenters. The van der Waals surface area contributed by atoms with Gasteiger partial charge in [0.15, 0.2) is 11.6 Å². The van der Waals surface area contributed by atoms with Gasteiger partial charge in [0.1, 0.15) is 0 Å². The van der Waals surface area contributed by atoms with E-state index in [0.717, 1.165) is 6.07 Å². The molecule has 0 saturated heterocycles. The predicted molar refractivity (Wildman–Crippen MR) is 46.6 cm³/mol. The van der Waals surface area contributed by atoms with Crippen molar-refractivity contribution in [3.05, 3.63) is 17.3 Å². The van der Waals surface area contributed by atoms with Crippen LogP contribution in [0, 0.1) is 0 Å². The normalized spacial score (nSPS) is 10.6. The van der Waals surface area contributed by atoms with Gasteiger partial charge in [-0.25, -0.2) is 13.8 Å². The number of carboxylic acid groups (broad SMARTS) is 1. The first kappa shape index (κ1) is 11.2. The molecule has 0 amide bonds. The van der Waals surface area contributed by atoms with Crippen LogP contribution in [0.4, 0.5) is 14.6 Å². The van der Waals surface area contributed by atoms with Crippen LogP contribution in [-0.4, -0.2) is 21.2 Å². The molecule has 0 aliphatic heterocycles. The van der Waals surface area contributed by atoms with E-state index in [-0.39, 0.29) is 11.5 Å². The van der Waals surface area contributed by atoms with Gasteiger partial charge >= 0.3 is 5.97 Å². The van der Waals surface area contributed by atoms with E-state index in [1.165, 1.54) is 0 Å². The Morgan fingerprint density at radius 3 is 2.67 bits per heavy atom. The third-order valence-corrected chi connectivity index (χ3v) is 1.70. The predicted octanol–water partition coefficient (Wildman–Crippen LogP) is 0.934. The molecule has 5 nitrogen and oxygen atoms in total. The molecule has 0 atom stereocenters. The molecule has 0 fully saturated rings. The van der Waals surface area contributed by atoms with E-state index in [9.17, 15) is 13.6 Å². The van der Waals surface area contributed by atoms with Gasteiger partial charge < -0.3 is 15.9 Å². The lowest BCUT2D eigenvalue weighted by molar-refractivity contribution is -0.136. The number of aliphatic carboxylic acids is 1. The first-order valence-corrected chi connectivity index (χ1v) is 3.90. The van der Waals surface area contributed by atoms with Crippen molar-refractivity contribution in [1.82, 2.24) is 4.98 Å². The summed E-state index contributed by atoms with van der Waals surface area (Å²) >= 11 is 0. The number of carboxylic acids is 1. The number of hydrogen-bond donors (Lipinski definition) is 3. The Hall–Kier alpha value is -1.92. The summed E-state index contributed by atoms with van der Waals surface area (Å²) in [6.07, 6.45) is -3.57. The Bertz CT molecular complexity index is 396. The van der Waals surface area contributed by atoms with E-state index in [0.29, 0.717) is 0 Å². The lowest BCUT2D eigenvalue weighted by Crippen LogP contribution is -2.08.